The van der Waals surface area contributed by atoms with E-state index in [-0.39, 0.29) is 12.4 Å². The van der Waals surface area contributed by atoms with Gasteiger partial charge in [-0.15, -0.1) is 0 Å². The quantitative estimate of drug-likeness (QED) is 0.319. The van der Waals surface area contributed by atoms with Crippen molar-refractivity contribution >= 4 is 27.0 Å². The van der Waals surface area contributed by atoms with Gasteiger partial charge in [0, 0.05) is 16.6 Å². The third-order valence-corrected chi connectivity index (χ3v) is 5.54. The number of hydrogen-bond acceptors (Lipinski definition) is 4. The normalized spacial score (nSPS) is 11.1. The Hall–Kier alpha value is -2.90. The molecule has 7 heteroatoms. The minimum Gasteiger partial charge on any atom is -0.490 e. The van der Waals surface area contributed by atoms with E-state index in [4.69, 9.17) is 9.47 Å². The first-order valence-electron chi connectivity index (χ1n) is 10.1. The molecule has 0 bridgehead atoms. The number of hydrogen-bond donors (Lipinski definition) is 2. The Labute approximate surface area is 188 Å². The van der Waals surface area contributed by atoms with Crippen molar-refractivity contribution in [1.29, 1.82) is 0 Å². The lowest BCUT2D eigenvalue weighted by Gasteiger charge is -2.15. The maximum atomic E-state index is 13.9. The standard InChI is InChI=1S/C24H23BrFN3O2/c1-2-30-22-11-17(13-27-14-24-28-20-9-5-6-10-21(20)29-24)18(25)12-23(22)31-15-16-7-3-4-8-19(16)26/h3-12,27H,2,13-15H2,1H3,(H,28,29). The molecule has 4 rings (SSSR count). The van der Waals surface area contributed by atoms with E-state index in [1.807, 2.05) is 43.3 Å². The van der Waals surface area contributed by atoms with Crippen LogP contribution < -0.4 is 14.8 Å². The molecule has 0 atom stereocenters. The summed E-state index contributed by atoms with van der Waals surface area (Å²) in [5.74, 6) is 1.79. The van der Waals surface area contributed by atoms with Gasteiger partial charge in [0.25, 0.3) is 0 Å². The predicted molar refractivity (Wildman–Crippen MR) is 123 cm³/mol. The van der Waals surface area contributed by atoms with Crippen LogP contribution in [-0.2, 0) is 19.7 Å². The Balaban J connectivity index is 1.43. The molecule has 0 aliphatic carbocycles. The molecule has 0 aliphatic rings. The van der Waals surface area contributed by atoms with Crippen LogP contribution in [0.3, 0.4) is 0 Å². The van der Waals surface area contributed by atoms with E-state index in [1.54, 1.807) is 18.2 Å². The molecule has 2 N–H and O–H groups in total. The lowest BCUT2D eigenvalue weighted by molar-refractivity contribution is 0.265. The number of halogens is 2. The minimum absolute atomic E-state index is 0.128. The second-order valence-electron chi connectivity index (χ2n) is 7.01. The van der Waals surface area contributed by atoms with Crippen LogP contribution in [0.25, 0.3) is 11.0 Å². The van der Waals surface area contributed by atoms with Gasteiger partial charge in [-0.25, -0.2) is 9.37 Å². The second kappa shape index (κ2) is 9.94. The first kappa shape index (κ1) is 21.3. The summed E-state index contributed by atoms with van der Waals surface area (Å²) in [5.41, 5.74) is 3.50. The van der Waals surface area contributed by atoms with E-state index in [1.165, 1.54) is 6.07 Å². The summed E-state index contributed by atoms with van der Waals surface area (Å²) in [4.78, 5) is 7.90. The largest absolute Gasteiger partial charge is 0.490 e. The summed E-state index contributed by atoms with van der Waals surface area (Å²) in [5, 5.41) is 3.40. The van der Waals surface area contributed by atoms with E-state index in [0.29, 0.717) is 36.8 Å². The summed E-state index contributed by atoms with van der Waals surface area (Å²) in [6.07, 6.45) is 0. The lowest BCUT2D eigenvalue weighted by Crippen LogP contribution is -2.14. The molecule has 5 nitrogen and oxygen atoms in total. The van der Waals surface area contributed by atoms with Gasteiger partial charge < -0.3 is 19.8 Å². The van der Waals surface area contributed by atoms with Gasteiger partial charge >= 0.3 is 0 Å². The first-order chi connectivity index (χ1) is 15.1. The van der Waals surface area contributed by atoms with Crippen molar-refractivity contribution in [2.75, 3.05) is 6.61 Å². The number of fused-ring (bicyclic) bond motifs is 1. The van der Waals surface area contributed by atoms with Gasteiger partial charge in [-0.1, -0.05) is 46.3 Å². The maximum Gasteiger partial charge on any atom is 0.162 e. The third kappa shape index (κ3) is 5.24. The predicted octanol–water partition coefficient (Wildman–Crippen LogP) is 5.73. The fourth-order valence-corrected chi connectivity index (χ4v) is 3.73. The van der Waals surface area contributed by atoms with Gasteiger partial charge in [-0.05, 0) is 42.8 Å². The highest BCUT2D eigenvalue weighted by molar-refractivity contribution is 9.10. The third-order valence-electron chi connectivity index (χ3n) is 4.80. The van der Waals surface area contributed by atoms with Crippen molar-refractivity contribution in [1.82, 2.24) is 15.3 Å². The molecule has 0 aliphatic heterocycles. The Morgan fingerprint density at radius 1 is 0.968 bits per heavy atom. The Kier molecular flexibility index (Phi) is 6.84. The number of aromatic amines is 1. The van der Waals surface area contributed by atoms with Crippen LogP contribution in [-0.4, -0.2) is 16.6 Å². The molecule has 1 heterocycles. The van der Waals surface area contributed by atoms with Gasteiger partial charge in [0.15, 0.2) is 11.5 Å². The second-order valence-corrected chi connectivity index (χ2v) is 7.86. The fraction of sp³-hybridized carbons (Fsp3) is 0.208. The van der Waals surface area contributed by atoms with Crippen LogP contribution in [0.15, 0.2) is 65.1 Å². The molecule has 160 valence electrons. The van der Waals surface area contributed by atoms with E-state index in [0.717, 1.165) is 26.9 Å². The van der Waals surface area contributed by atoms with Crippen molar-refractivity contribution in [3.05, 3.63) is 87.9 Å². The van der Waals surface area contributed by atoms with Gasteiger partial charge in [-0.3, -0.25) is 0 Å². The Morgan fingerprint density at radius 3 is 2.55 bits per heavy atom. The van der Waals surface area contributed by atoms with Crippen LogP contribution in [0.1, 0.15) is 23.9 Å². The highest BCUT2D eigenvalue weighted by Crippen LogP contribution is 2.34. The van der Waals surface area contributed by atoms with Crippen LogP contribution >= 0.6 is 15.9 Å². The molecule has 0 spiro atoms. The zero-order chi connectivity index (χ0) is 21.6. The number of nitrogens with one attached hydrogen (secondary N) is 2. The van der Waals surface area contributed by atoms with E-state index in [9.17, 15) is 4.39 Å². The number of nitrogens with zero attached hydrogens (tertiary/aromatic N) is 1. The molecule has 0 fully saturated rings. The molecule has 0 saturated heterocycles. The van der Waals surface area contributed by atoms with Crippen LogP contribution in [0.2, 0.25) is 0 Å². The van der Waals surface area contributed by atoms with Gasteiger partial charge in [0.1, 0.15) is 18.2 Å². The summed E-state index contributed by atoms with van der Waals surface area (Å²) in [6.45, 7) is 3.77. The summed E-state index contributed by atoms with van der Waals surface area (Å²) < 4.78 is 26.4. The molecule has 0 saturated carbocycles. The van der Waals surface area contributed by atoms with Crippen molar-refractivity contribution in [3.63, 3.8) is 0 Å². The SMILES string of the molecule is CCOc1cc(CNCc2nc3ccccc3[nH]2)c(Br)cc1OCc1ccccc1F. The highest BCUT2D eigenvalue weighted by Gasteiger charge is 2.12. The molecule has 4 aromatic rings. The zero-order valence-corrected chi connectivity index (χ0v) is 18.7. The average Bonchev–Trinajstić information content (AvgIpc) is 3.18. The number of rotatable bonds is 9. The first-order valence-corrected chi connectivity index (χ1v) is 10.9. The van der Waals surface area contributed by atoms with Crippen LogP contribution in [0.4, 0.5) is 4.39 Å². The van der Waals surface area contributed by atoms with Crippen molar-refractivity contribution in [2.45, 2.75) is 26.6 Å². The van der Waals surface area contributed by atoms with Gasteiger partial charge in [0.05, 0.1) is 24.2 Å². The average molecular weight is 484 g/mol. The Bertz CT molecular complexity index is 1150. The molecular weight excluding hydrogens is 461 g/mol. The Morgan fingerprint density at radius 2 is 1.74 bits per heavy atom. The van der Waals surface area contributed by atoms with Crippen LogP contribution in [0.5, 0.6) is 11.5 Å². The fourth-order valence-electron chi connectivity index (χ4n) is 3.27. The van der Waals surface area contributed by atoms with Crippen molar-refractivity contribution in [2.24, 2.45) is 0 Å². The number of para-hydroxylation sites is 2. The van der Waals surface area contributed by atoms with E-state index >= 15 is 0 Å². The summed E-state index contributed by atoms with van der Waals surface area (Å²) in [7, 11) is 0. The number of H-pyrrole nitrogens is 1. The maximum absolute atomic E-state index is 13.9. The minimum atomic E-state index is -0.286. The molecule has 0 unspecified atom stereocenters. The monoisotopic (exact) mass is 483 g/mol. The number of imidazole rings is 1. The van der Waals surface area contributed by atoms with Gasteiger partial charge in [-0.2, -0.15) is 0 Å². The topological polar surface area (TPSA) is 59.2 Å². The van der Waals surface area contributed by atoms with E-state index < -0.39 is 0 Å². The highest BCUT2D eigenvalue weighted by atomic mass is 79.9. The molecule has 1 aromatic heterocycles. The number of benzene rings is 3. The smallest absolute Gasteiger partial charge is 0.162 e. The number of aromatic nitrogens is 2. The van der Waals surface area contributed by atoms with E-state index in [2.05, 4.69) is 31.2 Å². The lowest BCUT2D eigenvalue weighted by atomic mass is 10.2. The number of ether oxygens (including phenoxy) is 2. The summed E-state index contributed by atoms with van der Waals surface area (Å²) >= 11 is 3.61. The van der Waals surface area contributed by atoms with Crippen molar-refractivity contribution < 1.29 is 13.9 Å². The van der Waals surface area contributed by atoms with Crippen LogP contribution in [0, 0.1) is 5.82 Å². The van der Waals surface area contributed by atoms with Crippen molar-refractivity contribution in [3.8, 4) is 11.5 Å². The molecule has 31 heavy (non-hydrogen) atoms. The summed E-state index contributed by atoms with van der Waals surface area (Å²) in [6, 6.07) is 18.3. The zero-order valence-electron chi connectivity index (χ0n) is 17.1. The van der Waals surface area contributed by atoms with Gasteiger partial charge in [0.2, 0.25) is 0 Å². The molecule has 0 radical (unpaired) electrons. The molecule has 3 aromatic carbocycles. The molecule has 0 amide bonds. The molecular formula is C24H23BrFN3O2.